The normalized spacial score (nSPS) is 10.6. The molecule has 0 aliphatic carbocycles. The van der Waals surface area contributed by atoms with Crippen LogP contribution in [0.5, 0.6) is 0 Å². The molecule has 0 aliphatic rings. The molecule has 27 heavy (non-hydrogen) atoms. The van der Waals surface area contributed by atoms with Crippen LogP contribution in [0.3, 0.4) is 0 Å². The molecule has 0 heterocycles. The van der Waals surface area contributed by atoms with Gasteiger partial charge in [-0.2, -0.15) is 5.26 Å². The summed E-state index contributed by atoms with van der Waals surface area (Å²) in [6.07, 6.45) is 1.11. The minimum Gasteiger partial charge on any atom is -0.360 e. The first-order valence-electron chi connectivity index (χ1n) is 7.90. The van der Waals surface area contributed by atoms with Crippen molar-refractivity contribution >= 4 is 23.2 Å². The molecular formula is C19H16N4O4. The van der Waals surface area contributed by atoms with Crippen LogP contribution in [0.2, 0.25) is 0 Å². The molecule has 8 nitrogen and oxygen atoms in total. The van der Waals surface area contributed by atoms with Crippen molar-refractivity contribution in [3.8, 4) is 6.07 Å². The van der Waals surface area contributed by atoms with Crippen molar-refractivity contribution in [2.75, 3.05) is 5.32 Å². The molecule has 2 N–H and O–H groups in total. The second-order valence-electron chi connectivity index (χ2n) is 5.61. The maximum absolute atomic E-state index is 12.1. The molecule has 0 unspecified atom stereocenters. The number of rotatable bonds is 6. The molecule has 0 atom stereocenters. The van der Waals surface area contributed by atoms with Gasteiger partial charge < -0.3 is 5.32 Å². The van der Waals surface area contributed by atoms with Crippen molar-refractivity contribution < 1.29 is 14.5 Å². The molecule has 2 aromatic rings. The lowest BCUT2D eigenvalue weighted by molar-refractivity contribution is -0.384. The van der Waals surface area contributed by atoms with E-state index in [2.05, 4.69) is 10.6 Å². The van der Waals surface area contributed by atoms with E-state index in [-0.39, 0.29) is 17.7 Å². The summed E-state index contributed by atoms with van der Waals surface area (Å²) in [5, 5.41) is 24.8. The fourth-order valence-electron chi connectivity index (χ4n) is 2.20. The Bertz CT molecular complexity index is 946. The first-order chi connectivity index (χ1) is 12.9. The number of aryl methyl sites for hydroxylation is 1. The number of carbonyl (C=O) groups excluding carboxylic acids is 2. The number of amides is 2. The molecule has 0 bridgehead atoms. The van der Waals surface area contributed by atoms with Crippen LogP contribution in [-0.2, 0) is 16.0 Å². The third-order valence-corrected chi connectivity index (χ3v) is 3.63. The molecular weight excluding hydrogens is 348 g/mol. The average Bonchev–Trinajstić information content (AvgIpc) is 2.64. The number of non-ortho nitro benzene ring substituents is 1. The van der Waals surface area contributed by atoms with Gasteiger partial charge >= 0.3 is 0 Å². The Labute approximate surface area is 155 Å². The monoisotopic (exact) mass is 364 g/mol. The number of nitro benzene ring substituents is 1. The molecule has 0 spiro atoms. The van der Waals surface area contributed by atoms with Crippen molar-refractivity contribution in [1.82, 2.24) is 5.32 Å². The molecule has 0 radical (unpaired) electrons. The summed E-state index contributed by atoms with van der Waals surface area (Å²) in [6.45, 7) is 1.72. The van der Waals surface area contributed by atoms with E-state index >= 15 is 0 Å². The predicted octanol–water partition coefficient (Wildman–Crippen LogP) is 2.61. The van der Waals surface area contributed by atoms with E-state index in [1.165, 1.54) is 12.1 Å². The molecule has 2 amide bonds. The Hall–Kier alpha value is -3.99. The molecule has 0 saturated carbocycles. The van der Waals surface area contributed by atoms with Gasteiger partial charge in [-0.25, -0.2) is 0 Å². The number of hydrogen-bond acceptors (Lipinski definition) is 6. The van der Waals surface area contributed by atoms with E-state index < -0.39 is 16.7 Å². The van der Waals surface area contributed by atoms with Crippen molar-refractivity contribution in [3.63, 3.8) is 0 Å². The number of nitrogens with one attached hydrogen (secondary N) is 2. The first-order valence-corrected chi connectivity index (χ1v) is 7.90. The summed E-state index contributed by atoms with van der Waals surface area (Å²) < 4.78 is 0. The van der Waals surface area contributed by atoms with Crippen molar-refractivity contribution in [2.24, 2.45) is 0 Å². The smallest absolute Gasteiger partial charge is 0.271 e. The first kappa shape index (κ1) is 19.3. The number of nitro groups is 1. The number of hydrogen-bond donors (Lipinski definition) is 2. The number of nitriles is 1. The molecule has 2 rings (SSSR count). The summed E-state index contributed by atoms with van der Waals surface area (Å²) in [6, 6.07) is 14.7. The second kappa shape index (κ2) is 8.92. The average molecular weight is 364 g/mol. The summed E-state index contributed by atoms with van der Waals surface area (Å²) in [7, 11) is 0. The zero-order chi connectivity index (χ0) is 19.8. The van der Waals surface area contributed by atoms with Crippen molar-refractivity contribution in [1.29, 1.82) is 5.26 Å². The molecule has 0 aromatic heterocycles. The minimum absolute atomic E-state index is 0.00268. The number of benzene rings is 2. The maximum Gasteiger partial charge on any atom is 0.271 e. The third-order valence-electron chi connectivity index (χ3n) is 3.63. The highest BCUT2D eigenvalue weighted by atomic mass is 16.6. The molecule has 8 heteroatoms. The van der Waals surface area contributed by atoms with E-state index in [4.69, 9.17) is 5.26 Å². The Morgan fingerprint density at radius 1 is 1.22 bits per heavy atom. The van der Waals surface area contributed by atoms with Crippen LogP contribution in [0.4, 0.5) is 11.4 Å². The van der Waals surface area contributed by atoms with Gasteiger partial charge in [-0.3, -0.25) is 25.0 Å². The predicted molar refractivity (Wildman–Crippen MR) is 98.4 cm³/mol. The maximum atomic E-state index is 12.1. The van der Waals surface area contributed by atoms with E-state index in [1.54, 1.807) is 43.3 Å². The molecule has 0 fully saturated rings. The quantitative estimate of drug-likeness (QED) is 0.351. The summed E-state index contributed by atoms with van der Waals surface area (Å²) in [5.41, 5.74) is 1.34. The lowest BCUT2D eigenvalue weighted by Gasteiger charge is -2.07. The summed E-state index contributed by atoms with van der Waals surface area (Å²) in [4.78, 5) is 34.3. The fraction of sp³-hybridized carbons (Fsp3) is 0.105. The van der Waals surface area contributed by atoms with Gasteiger partial charge in [0.05, 0.1) is 11.3 Å². The van der Waals surface area contributed by atoms with Crippen LogP contribution in [0, 0.1) is 28.4 Å². The highest BCUT2D eigenvalue weighted by Gasteiger charge is 2.14. The Morgan fingerprint density at radius 2 is 1.93 bits per heavy atom. The molecule has 136 valence electrons. The summed E-state index contributed by atoms with van der Waals surface area (Å²) in [5.74, 6) is -1.40. The zero-order valence-electron chi connectivity index (χ0n) is 14.4. The Kier molecular flexibility index (Phi) is 6.39. The van der Waals surface area contributed by atoms with Gasteiger partial charge in [0.2, 0.25) is 5.91 Å². The highest BCUT2D eigenvalue weighted by Crippen LogP contribution is 2.22. The van der Waals surface area contributed by atoms with Crippen LogP contribution in [0.25, 0.3) is 0 Å². The summed E-state index contributed by atoms with van der Waals surface area (Å²) >= 11 is 0. The number of nitrogens with zero attached hydrogens (tertiary/aromatic N) is 2. The zero-order valence-corrected chi connectivity index (χ0v) is 14.4. The number of imide groups is 1. The van der Waals surface area contributed by atoms with Crippen LogP contribution in [0.15, 0.2) is 60.3 Å². The van der Waals surface area contributed by atoms with Gasteiger partial charge in [-0.1, -0.05) is 36.4 Å². The minimum atomic E-state index is -0.853. The molecule has 0 saturated heterocycles. The van der Waals surface area contributed by atoms with Gasteiger partial charge in [-0.05, 0) is 18.1 Å². The lowest BCUT2D eigenvalue weighted by atomic mass is 10.1. The van der Waals surface area contributed by atoms with Gasteiger partial charge in [0.15, 0.2) is 0 Å². The number of carbonyl (C=O) groups is 2. The van der Waals surface area contributed by atoms with E-state index in [1.807, 2.05) is 6.07 Å². The van der Waals surface area contributed by atoms with Crippen LogP contribution < -0.4 is 10.6 Å². The topological polar surface area (TPSA) is 125 Å². The third kappa shape index (κ3) is 5.51. The van der Waals surface area contributed by atoms with Gasteiger partial charge in [0, 0.05) is 24.0 Å². The SMILES string of the molecule is Cc1ccc([N+](=O)[O-])cc1N/C=C(\C#N)C(=O)NC(=O)Cc1ccccc1. The Morgan fingerprint density at radius 3 is 2.56 bits per heavy atom. The Balaban J connectivity index is 2.06. The van der Waals surface area contributed by atoms with Crippen LogP contribution >= 0.6 is 0 Å². The fourth-order valence-corrected chi connectivity index (χ4v) is 2.20. The molecule has 2 aromatic carbocycles. The highest BCUT2D eigenvalue weighted by molar-refractivity contribution is 6.07. The van der Waals surface area contributed by atoms with Gasteiger partial charge in [0.1, 0.15) is 11.6 Å². The van der Waals surface area contributed by atoms with Crippen LogP contribution in [0.1, 0.15) is 11.1 Å². The number of anilines is 1. The van der Waals surface area contributed by atoms with Gasteiger partial charge in [-0.15, -0.1) is 0 Å². The van der Waals surface area contributed by atoms with E-state index in [0.29, 0.717) is 11.3 Å². The molecule has 0 aliphatic heterocycles. The second-order valence-corrected chi connectivity index (χ2v) is 5.61. The van der Waals surface area contributed by atoms with E-state index in [9.17, 15) is 19.7 Å². The van der Waals surface area contributed by atoms with E-state index in [0.717, 1.165) is 11.8 Å². The lowest BCUT2D eigenvalue weighted by Crippen LogP contribution is -2.32. The largest absolute Gasteiger partial charge is 0.360 e. The standard InChI is InChI=1S/C19H16N4O4/c1-13-7-8-16(23(26)27)10-17(13)21-12-15(11-20)19(25)22-18(24)9-14-5-3-2-4-6-14/h2-8,10,12,21H,9H2,1H3,(H,22,24,25)/b15-12+. The van der Waals surface area contributed by atoms with Crippen molar-refractivity contribution in [3.05, 3.63) is 81.5 Å². The van der Waals surface area contributed by atoms with Gasteiger partial charge in [0.25, 0.3) is 11.6 Å². The van der Waals surface area contributed by atoms with Crippen molar-refractivity contribution in [2.45, 2.75) is 13.3 Å². The van der Waals surface area contributed by atoms with Crippen LogP contribution in [-0.4, -0.2) is 16.7 Å².